The number of carbonyl (C=O) groups excluding carboxylic acids is 1. The van der Waals surface area contributed by atoms with E-state index in [0.29, 0.717) is 30.1 Å². The fourth-order valence-electron chi connectivity index (χ4n) is 4.15. The Morgan fingerprint density at radius 2 is 1.73 bits per heavy atom. The van der Waals surface area contributed by atoms with Crippen LogP contribution in [0.25, 0.3) is 11.3 Å². The van der Waals surface area contributed by atoms with Gasteiger partial charge in [-0.2, -0.15) is 0 Å². The molecule has 0 radical (unpaired) electrons. The lowest BCUT2D eigenvalue weighted by Gasteiger charge is -2.37. The topological polar surface area (TPSA) is 49.6 Å². The number of benzene rings is 2. The molecule has 2 fully saturated rings. The van der Waals surface area contributed by atoms with Crippen LogP contribution < -0.4 is 4.90 Å². The molecule has 154 valence electrons. The SMILES string of the molecule is O=C(N1CCN(c2ccccc2Cl)CC1)C1(c2cc(-c3ccccc3F)on2)CC1. The molecule has 1 amide bonds. The summed E-state index contributed by atoms with van der Waals surface area (Å²) in [5, 5.41) is 4.86. The maximum atomic E-state index is 14.1. The summed E-state index contributed by atoms with van der Waals surface area (Å²) >= 11 is 6.32. The zero-order chi connectivity index (χ0) is 20.7. The van der Waals surface area contributed by atoms with E-state index in [4.69, 9.17) is 16.1 Å². The van der Waals surface area contributed by atoms with E-state index in [1.54, 1.807) is 24.3 Å². The molecule has 1 saturated heterocycles. The largest absolute Gasteiger partial charge is 0.367 e. The second kappa shape index (κ2) is 7.43. The number of hydrogen-bond donors (Lipinski definition) is 0. The van der Waals surface area contributed by atoms with Gasteiger partial charge in [0.15, 0.2) is 5.76 Å². The Labute approximate surface area is 179 Å². The fourth-order valence-corrected chi connectivity index (χ4v) is 4.41. The van der Waals surface area contributed by atoms with E-state index in [9.17, 15) is 9.18 Å². The van der Waals surface area contributed by atoms with Crippen molar-refractivity contribution in [3.8, 4) is 11.3 Å². The minimum atomic E-state index is -0.639. The summed E-state index contributed by atoms with van der Waals surface area (Å²) < 4.78 is 19.5. The van der Waals surface area contributed by atoms with Gasteiger partial charge in [-0.05, 0) is 37.1 Å². The zero-order valence-corrected chi connectivity index (χ0v) is 17.1. The minimum absolute atomic E-state index is 0.0784. The molecule has 30 heavy (non-hydrogen) atoms. The van der Waals surface area contributed by atoms with Crippen molar-refractivity contribution in [2.75, 3.05) is 31.1 Å². The molecule has 5 nitrogen and oxygen atoms in total. The molecule has 2 aliphatic rings. The molecule has 2 aromatic carbocycles. The van der Waals surface area contributed by atoms with Crippen molar-refractivity contribution in [3.63, 3.8) is 0 Å². The van der Waals surface area contributed by atoms with E-state index in [0.717, 1.165) is 36.6 Å². The third-order valence-electron chi connectivity index (χ3n) is 6.06. The van der Waals surface area contributed by atoms with E-state index in [1.165, 1.54) is 6.07 Å². The predicted molar refractivity (Wildman–Crippen MR) is 113 cm³/mol. The van der Waals surface area contributed by atoms with Gasteiger partial charge in [0.2, 0.25) is 5.91 Å². The van der Waals surface area contributed by atoms with Crippen molar-refractivity contribution in [1.82, 2.24) is 10.1 Å². The number of para-hydroxylation sites is 1. The first-order chi connectivity index (χ1) is 14.6. The smallest absolute Gasteiger partial charge is 0.235 e. The summed E-state index contributed by atoms with van der Waals surface area (Å²) in [6, 6.07) is 15.9. The molecule has 0 N–H and O–H groups in total. The molecule has 1 saturated carbocycles. The van der Waals surface area contributed by atoms with Gasteiger partial charge in [0, 0.05) is 32.2 Å². The van der Waals surface area contributed by atoms with Crippen LogP contribution in [-0.2, 0) is 10.2 Å². The molecule has 3 aromatic rings. The highest BCUT2D eigenvalue weighted by Gasteiger charge is 2.55. The highest BCUT2D eigenvalue weighted by Crippen LogP contribution is 2.50. The van der Waals surface area contributed by atoms with Crippen molar-refractivity contribution in [2.45, 2.75) is 18.3 Å². The number of nitrogens with zero attached hydrogens (tertiary/aromatic N) is 3. The van der Waals surface area contributed by atoms with Gasteiger partial charge in [-0.25, -0.2) is 4.39 Å². The van der Waals surface area contributed by atoms with Crippen LogP contribution in [0.15, 0.2) is 59.1 Å². The van der Waals surface area contributed by atoms with Crippen LogP contribution >= 0.6 is 11.6 Å². The van der Waals surface area contributed by atoms with Crippen molar-refractivity contribution in [2.24, 2.45) is 0 Å². The molecule has 5 rings (SSSR count). The van der Waals surface area contributed by atoms with Gasteiger partial charge in [-0.3, -0.25) is 4.79 Å². The Bertz CT molecular complexity index is 1090. The van der Waals surface area contributed by atoms with Gasteiger partial charge in [0.1, 0.15) is 5.82 Å². The molecule has 1 aliphatic heterocycles. The van der Waals surface area contributed by atoms with Crippen LogP contribution in [0.1, 0.15) is 18.5 Å². The lowest BCUT2D eigenvalue weighted by molar-refractivity contribution is -0.134. The van der Waals surface area contributed by atoms with E-state index in [1.807, 2.05) is 29.2 Å². The molecule has 1 aromatic heterocycles. The summed E-state index contributed by atoms with van der Waals surface area (Å²) in [4.78, 5) is 17.4. The minimum Gasteiger partial charge on any atom is -0.367 e. The number of amides is 1. The van der Waals surface area contributed by atoms with Crippen LogP contribution in [0, 0.1) is 5.82 Å². The number of carbonyl (C=O) groups is 1. The average Bonchev–Trinajstić information content (AvgIpc) is 3.44. The van der Waals surface area contributed by atoms with Crippen molar-refractivity contribution >= 4 is 23.2 Å². The molecule has 0 spiro atoms. The summed E-state index contributed by atoms with van der Waals surface area (Å²) in [5.74, 6) is 0.0625. The van der Waals surface area contributed by atoms with Crippen LogP contribution in [0.2, 0.25) is 5.02 Å². The molecule has 7 heteroatoms. The number of piperazine rings is 1. The first kappa shape index (κ1) is 19.1. The second-order valence-electron chi connectivity index (χ2n) is 7.87. The lowest BCUT2D eigenvalue weighted by Crippen LogP contribution is -2.51. The zero-order valence-electron chi connectivity index (χ0n) is 16.4. The first-order valence-corrected chi connectivity index (χ1v) is 10.5. The Morgan fingerprint density at radius 1 is 1.03 bits per heavy atom. The average molecular weight is 426 g/mol. The van der Waals surface area contributed by atoms with Crippen LogP contribution in [-0.4, -0.2) is 42.1 Å². The van der Waals surface area contributed by atoms with Crippen molar-refractivity contribution < 1.29 is 13.7 Å². The van der Waals surface area contributed by atoms with Crippen LogP contribution in [0.5, 0.6) is 0 Å². The highest BCUT2D eigenvalue weighted by molar-refractivity contribution is 6.33. The molecule has 0 atom stereocenters. The molecule has 1 aliphatic carbocycles. The molecule has 2 heterocycles. The second-order valence-corrected chi connectivity index (χ2v) is 8.28. The van der Waals surface area contributed by atoms with Crippen LogP contribution in [0.3, 0.4) is 0 Å². The highest BCUT2D eigenvalue weighted by atomic mass is 35.5. The quantitative estimate of drug-likeness (QED) is 0.617. The lowest BCUT2D eigenvalue weighted by atomic mass is 9.99. The van der Waals surface area contributed by atoms with Crippen LogP contribution in [0.4, 0.5) is 10.1 Å². The fraction of sp³-hybridized carbons (Fsp3) is 0.304. The molecular weight excluding hydrogens is 405 g/mol. The number of halogens is 2. The predicted octanol–water partition coefficient (Wildman–Crippen LogP) is 4.51. The monoisotopic (exact) mass is 425 g/mol. The number of aromatic nitrogens is 1. The standard InChI is InChI=1S/C23H21ClFN3O2/c24-17-6-2-4-8-19(17)27-11-13-28(14-12-27)22(29)23(9-10-23)21-15-20(30-26-21)16-5-1-3-7-18(16)25/h1-8,15H,9-14H2. The van der Waals surface area contributed by atoms with E-state index >= 15 is 0 Å². The Kier molecular flexibility index (Phi) is 4.74. The van der Waals surface area contributed by atoms with Gasteiger partial charge >= 0.3 is 0 Å². The summed E-state index contributed by atoms with van der Waals surface area (Å²) in [6.07, 6.45) is 1.47. The third kappa shape index (κ3) is 3.25. The summed E-state index contributed by atoms with van der Waals surface area (Å²) in [6.45, 7) is 2.71. The van der Waals surface area contributed by atoms with Gasteiger partial charge in [0.05, 0.1) is 27.4 Å². The Hall–Kier alpha value is -2.86. The normalized spacial score (nSPS) is 17.8. The van der Waals surface area contributed by atoms with Crippen molar-refractivity contribution in [1.29, 1.82) is 0 Å². The number of anilines is 1. The summed E-state index contributed by atoms with van der Waals surface area (Å²) in [5.41, 5.74) is 1.31. The van der Waals surface area contributed by atoms with Gasteiger partial charge in [-0.1, -0.05) is 41.0 Å². The Morgan fingerprint density at radius 3 is 2.43 bits per heavy atom. The van der Waals surface area contributed by atoms with Gasteiger partial charge in [-0.15, -0.1) is 0 Å². The summed E-state index contributed by atoms with van der Waals surface area (Å²) in [7, 11) is 0. The molecule has 0 bridgehead atoms. The molecule has 0 unspecified atom stereocenters. The maximum absolute atomic E-state index is 14.1. The Balaban J connectivity index is 1.30. The van der Waals surface area contributed by atoms with Gasteiger partial charge in [0.25, 0.3) is 0 Å². The first-order valence-electron chi connectivity index (χ1n) is 10.1. The maximum Gasteiger partial charge on any atom is 0.235 e. The number of rotatable bonds is 4. The van der Waals surface area contributed by atoms with E-state index in [2.05, 4.69) is 10.1 Å². The van der Waals surface area contributed by atoms with E-state index in [-0.39, 0.29) is 11.7 Å². The third-order valence-corrected chi connectivity index (χ3v) is 6.38. The van der Waals surface area contributed by atoms with Crippen molar-refractivity contribution in [3.05, 3.63) is 71.1 Å². The number of hydrogen-bond acceptors (Lipinski definition) is 4. The van der Waals surface area contributed by atoms with Gasteiger partial charge < -0.3 is 14.3 Å². The molecular formula is C23H21ClFN3O2. The van der Waals surface area contributed by atoms with E-state index < -0.39 is 5.41 Å².